The van der Waals surface area contributed by atoms with E-state index in [1.54, 1.807) is 31.2 Å². The number of hydrogen-bond acceptors (Lipinski definition) is 3. The van der Waals surface area contributed by atoms with Gasteiger partial charge in [-0.15, -0.1) is 0 Å². The molecule has 1 amide bonds. The van der Waals surface area contributed by atoms with Gasteiger partial charge in [-0.2, -0.15) is 0 Å². The van der Waals surface area contributed by atoms with Gasteiger partial charge in [0.05, 0.1) is 5.56 Å². The van der Waals surface area contributed by atoms with E-state index in [0.717, 1.165) is 5.69 Å². The minimum atomic E-state index is -0.224. The van der Waals surface area contributed by atoms with Crippen LogP contribution in [0.25, 0.3) is 0 Å². The minimum absolute atomic E-state index is 0.224. The average Bonchev–Trinajstić information content (AvgIpc) is 2.39. The van der Waals surface area contributed by atoms with Crippen molar-refractivity contribution in [3.8, 4) is 5.75 Å². The van der Waals surface area contributed by atoms with E-state index in [0.29, 0.717) is 16.4 Å². The molecule has 96 valence electrons. The maximum Gasteiger partial charge on any atom is 0.259 e. The summed E-state index contributed by atoms with van der Waals surface area (Å²) in [6.45, 7) is 1.67. The van der Waals surface area contributed by atoms with Crippen LogP contribution in [-0.4, -0.2) is 11.0 Å². The number of nitrogens with one attached hydrogen (secondary N) is 1. The number of ether oxygens (including phenoxy) is 1. The number of amides is 1. The standard InChI is InChI=1S/C15H13NO2S/c1-11(19)18-14-10-6-5-9-13(14)15(17)16-12-7-3-2-4-8-12/h2-10H,1H3,(H,16,17). The Hall–Kier alpha value is -2.20. The number of carbonyl (C=O) groups excluding carboxylic acids is 1. The van der Waals surface area contributed by atoms with Crippen LogP contribution in [0.5, 0.6) is 5.75 Å². The fourth-order valence-corrected chi connectivity index (χ4v) is 1.71. The van der Waals surface area contributed by atoms with Gasteiger partial charge >= 0.3 is 0 Å². The number of para-hydroxylation sites is 2. The molecule has 0 aliphatic heterocycles. The third-order valence-corrected chi connectivity index (χ3v) is 2.50. The Balaban J connectivity index is 2.21. The second kappa shape index (κ2) is 6.11. The second-order valence-electron chi connectivity index (χ2n) is 3.91. The van der Waals surface area contributed by atoms with Gasteiger partial charge in [0.25, 0.3) is 5.91 Å². The summed E-state index contributed by atoms with van der Waals surface area (Å²) in [5, 5.41) is 3.18. The van der Waals surface area contributed by atoms with Gasteiger partial charge in [-0.3, -0.25) is 4.79 Å². The molecule has 2 aromatic rings. The van der Waals surface area contributed by atoms with Crippen LogP contribution >= 0.6 is 12.2 Å². The lowest BCUT2D eigenvalue weighted by Crippen LogP contribution is -2.14. The zero-order valence-corrected chi connectivity index (χ0v) is 11.2. The maximum absolute atomic E-state index is 12.2. The van der Waals surface area contributed by atoms with Crippen molar-refractivity contribution in [2.75, 3.05) is 5.32 Å². The monoisotopic (exact) mass is 271 g/mol. The molecule has 3 nitrogen and oxygen atoms in total. The van der Waals surface area contributed by atoms with Crippen LogP contribution in [-0.2, 0) is 0 Å². The van der Waals surface area contributed by atoms with Crippen molar-refractivity contribution >= 4 is 28.9 Å². The Kier molecular flexibility index (Phi) is 4.26. The highest BCUT2D eigenvalue weighted by Gasteiger charge is 2.12. The normalized spacial score (nSPS) is 9.74. The molecule has 0 fully saturated rings. The quantitative estimate of drug-likeness (QED) is 0.866. The third-order valence-electron chi connectivity index (χ3n) is 2.42. The first kappa shape index (κ1) is 13.2. The SMILES string of the molecule is CC(=S)Oc1ccccc1C(=O)Nc1ccccc1. The molecule has 0 heterocycles. The van der Waals surface area contributed by atoms with Crippen LogP contribution < -0.4 is 10.1 Å². The van der Waals surface area contributed by atoms with Gasteiger partial charge in [-0.05, 0) is 36.5 Å². The number of thiocarbonyl (C=S) groups is 1. The molecule has 0 unspecified atom stereocenters. The fraction of sp³-hybridized carbons (Fsp3) is 0.0667. The van der Waals surface area contributed by atoms with Gasteiger partial charge in [0, 0.05) is 12.6 Å². The van der Waals surface area contributed by atoms with Crippen molar-refractivity contribution in [2.24, 2.45) is 0 Å². The predicted molar refractivity (Wildman–Crippen MR) is 79.7 cm³/mol. The van der Waals surface area contributed by atoms with Gasteiger partial charge in [-0.25, -0.2) is 0 Å². The van der Waals surface area contributed by atoms with Crippen molar-refractivity contribution in [3.63, 3.8) is 0 Å². The summed E-state index contributed by atoms with van der Waals surface area (Å²) < 4.78 is 5.37. The van der Waals surface area contributed by atoms with E-state index in [1.165, 1.54) is 0 Å². The first-order valence-electron chi connectivity index (χ1n) is 5.80. The lowest BCUT2D eigenvalue weighted by Gasteiger charge is -2.10. The Labute approximate surface area is 117 Å². The Bertz CT molecular complexity index is 596. The zero-order chi connectivity index (χ0) is 13.7. The Morgan fingerprint density at radius 1 is 1.05 bits per heavy atom. The van der Waals surface area contributed by atoms with Crippen molar-refractivity contribution in [3.05, 3.63) is 60.2 Å². The molecule has 0 aromatic heterocycles. The molecule has 0 saturated heterocycles. The topological polar surface area (TPSA) is 38.3 Å². The Morgan fingerprint density at radius 3 is 2.37 bits per heavy atom. The highest BCUT2D eigenvalue weighted by atomic mass is 32.1. The van der Waals surface area contributed by atoms with E-state index in [4.69, 9.17) is 17.0 Å². The molecule has 1 N–H and O–H groups in total. The molecule has 0 bridgehead atoms. The van der Waals surface area contributed by atoms with Crippen LogP contribution in [0.1, 0.15) is 17.3 Å². The fourth-order valence-electron chi connectivity index (χ4n) is 1.62. The van der Waals surface area contributed by atoms with Gasteiger partial charge in [0.15, 0.2) is 5.05 Å². The van der Waals surface area contributed by atoms with E-state index in [1.807, 2.05) is 30.3 Å². The first-order chi connectivity index (χ1) is 9.16. The molecular weight excluding hydrogens is 258 g/mol. The summed E-state index contributed by atoms with van der Waals surface area (Å²) >= 11 is 4.90. The summed E-state index contributed by atoms with van der Waals surface area (Å²) in [7, 11) is 0. The molecule has 2 aromatic carbocycles. The second-order valence-corrected chi connectivity index (χ2v) is 4.48. The van der Waals surface area contributed by atoms with Crippen LogP contribution in [0.15, 0.2) is 54.6 Å². The van der Waals surface area contributed by atoms with Crippen molar-refractivity contribution in [2.45, 2.75) is 6.92 Å². The van der Waals surface area contributed by atoms with Crippen LogP contribution in [0.3, 0.4) is 0 Å². The molecule has 0 aliphatic carbocycles. The predicted octanol–water partition coefficient (Wildman–Crippen LogP) is 3.67. The van der Waals surface area contributed by atoms with Crippen molar-refractivity contribution in [1.82, 2.24) is 0 Å². The number of anilines is 1. The summed E-state index contributed by atoms with van der Waals surface area (Å²) in [6.07, 6.45) is 0. The lowest BCUT2D eigenvalue weighted by atomic mass is 10.2. The van der Waals surface area contributed by atoms with E-state index in [9.17, 15) is 4.79 Å². The molecule has 0 saturated carbocycles. The van der Waals surface area contributed by atoms with E-state index in [2.05, 4.69) is 5.32 Å². The van der Waals surface area contributed by atoms with Crippen LogP contribution in [0.2, 0.25) is 0 Å². The average molecular weight is 271 g/mol. The smallest absolute Gasteiger partial charge is 0.259 e. The molecule has 0 atom stereocenters. The Morgan fingerprint density at radius 2 is 1.68 bits per heavy atom. The maximum atomic E-state index is 12.2. The molecule has 2 rings (SSSR count). The highest BCUT2D eigenvalue weighted by Crippen LogP contribution is 2.20. The molecular formula is C15H13NO2S. The molecule has 19 heavy (non-hydrogen) atoms. The molecule has 0 radical (unpaired) electrons. The van der Waals surface area contributed by atoms with Gasteiger partial charge in [0.1, 0.15) is 5.75 Å². The van der Waals surface area contributed by atoms with Crippen molar-refractivity contribution < 1.29 is 9.53 Å². The third kappa shape index (κ3) is 3.63. The zero-order valence-electron chi connectivity index (χ0n) is 10.4. The number of rotatable bonds is 3. The number of benzene rings is 2. The molecule has 4 heteroatoms. The van der Waals surface area contributed by atoms with Crippen LogP contribution in [0, 0.1) is 0 Å². The summed E-state index contributed by atoms with van der Waals surface area (Å²) in [5.41, 5.74) is 1.19. The number of hydrogen-bond donors (Lipinski definition) is 1. The van der Waals surface area contributed by atoms with E-state index >= 15 is 0 Å². The summed E-state index contributed by atoms with van der Waals surface area (Å²) in [4.78, 5) is 12.2. The van der Waals surface area contributed by atoms with Crippen LogP contribution in [0.4, 0.5) is 5.69 Å². The van der Waals surface area contributed by atoms with Gasteiger partial charge in [-0.1, -0.05) is 30.3 Å². The van der Waals surface area contributed by atoms with E-state index < -0.39 is 0 Å². The van der Waals surface area contributed by atoms with Gasteiger partial charge in [0.2, 0.25) is 0 Å². The molecule has 0 spiro atoms. The van der Waals surface area contributed by atoms with Gasteiger partial charge < -0.3 is 10.1 Å². The first-order valence-corrected chi connectivity index (χ1v) is 6.21. The lowest BCUT2D eigenvalue weighted by molar-refractivity contribution is 0.102. The molecule has 0 aliphatic rings. The van der Waals surface area contributed by atoms with Crippen molar-refractivity contribution in [1.29, 1.82) is 0 Å². The van der Waals surface area contributed by atoms with E-state index in [-0.39, 0.29) is 5.91 Å². The largest absolute Gasteiger partial charge is 0.450 e. The highest BCUT2D eigenvalue weighted by molar-refractivity contribution is 7.80. The number of carbonyl (C=O) groups is 1. The summed E-state index contributed by atoms with van der Waals surface area (Å²) in [6, 6.07) is 16.3. The summed E-state index contributed by atoms with van der Waals surface area (Å²) in [5.74, 6) is 0.237. The minimum Gasteiger partial charge on any atom is -0.450 e.